The Kier molecular flexibility index (Phi) is 2.65. The summed E-state index contributed by atoms with van der Waals surface area (Å²) in [5.74, 6) is -1.17. The number of carboxylic acid groups (broad SMARTS) is 1. The summed E-state index contributed by atoms with van der Waals surface area (Å²) in [5.41, 5.74) is -0.725. The average molecular weight is 243 g/mol. The van der Waals surface area contributed by atoms with Crippen LogP contribution in [-0.2, 0) is 4.79 Å². The minimum atomic E-state index is -4.49. The number of allylic oxidation sites excluding steroid dienone is 2. The molecule has 0 saturated carbocycles. The van der Waals surface area contributed by atoms with Gasteiger partial charge in [0.05, 0.1) is 18.0 Å². The molecule has 2 rings (SSSR count). The highest BCUT2D eigenvalue weighted by atomic mass is 19.4. The van der Waals surface area contributed by atoms with E-state index in [1.165, 1.54) is 18.4 Å². The molecule has 1 aliphatic heterocycles. The van der Waals surface area contributed by atoms with Crippen molar-refractivity contribution in [3.63, 3.8) is 0 Å². The summed E-state index contributed by atoms with van der Waals surface area (Å²) >= 11 is 0. The quantitative estimate of drug-likeness (QED) is 0.808. The van der Waals surface area contributed by atoms with Crippen molar-refractivity contribution >= 4 is 12.2 Å². The number of hydrogen-bond acceptors (Lipinski definition) is 2. The fraction of sp³-hybridized carbons (Fsp3) is 0.273. The molecule has 0 saturated heterocycles. The summed E-state index contributed by atoms with van der Waals surface area (Å²) in [6.07, 6.45) is 0.0199. The molecule has 3 nitrogen and oxygen atoms in total. The van der Waals surface area contributed by atoms with Gasteiger partial charge in [0.25, 0.3) is 0 Å². The van der Waals surface area contributed by atoms with E-state index in [1.807, 2.05) is 0 Å². The number of hydrogen-bond donors (Lipinski definition) is 1. The van der Waals surface area contributed by atoms with Crippen molar-refractivity contribution in [1.29, 1.82) is 0 Å². The Hall–Kier alpha value is -1.85. The van der Waals surface area contributed by atoms with Crippen molar-refractivity contribution in [1.82, 2.24) is 0 Å². The highest BCUT2D eigenvalue weighted by Gasteiger charge is 2.41. The molecule has 0 aromatic carbocycles. The van der Waals surface area contributed by atoms with Crippen LogP contribution in [-0.4, -0.2) is 29.5 Å². The predicted molar refractivity (Wildman–Crippen MR) is 54.8 cm³/mol. The lowest BCUT2D eigenvalue weighted by atomic mass is 9.90. The van der Waals surface area contributed by atoms with Gasteiger partial charge in [-0.15, -0.1) is 0 Å². The van der Waals surface area contributed by atoms with Crippen molar-refractivity contribution in [2.24, 2.45) is 4.99 Å². The molecule has 2 aliphatic rings. The van der Waals surface area contributed by atoms with Crippen LogP contribution in [0.5, 0.6) is 0 Å². The first kappa shape index (κ1) is 11.6. The van der Waals surface area contributed by atoms with Crippen molar-refractivity contribution in [3.05, 3.63) is 34.9 Å². The Balaban J connectivity index is 2.45. The zero-order valence-corrected chi connectivity index (χ0v) is 8.53. The molecule has 6 heteroatoms. The lowest BCUT2D eigenvalue weighted by molar-refractivity contribution is -0.136. The third kappa shape index (κ3) is 2.15. The second-order valence-corrected chi connectivity index (χ2v) is 3.70. The molecule has 0 aromatic rings. The molecule has 0 unspecified atom stereocenters. The summed E-state index contributed by atoms with van der Waals surface area (Å²) in [6, 6.07) is -0.703. The number of rotatable bonds is 2. The van der Waals surface area contributed by atoms with Crippen LogP contribution in [0.2, 0.25) is 0 Å². The number of fused-ring (bicyclic) bond motifs is 1. The number of alkyl halides is 3. The maximum Gasteiger partial charge on any atom is 0.416 e. The molecule has 1 heterocycles. The Morgan fingerprint density at radius 2 is 2.18 bits per heavy atom. The lowest BCUT2D eigenvalue weighted by Gasteiger charge is -2.20. The summed E-state index contributed by atoms with van der Waals surface area (Å²) in [4.78, 5) is 14.4. The third-order valence-electron chi connectivity index (χ3n) is 2.53. The number of halogens is 3. The highest BCUT2D eigenvalue weighted by molar-refractivity contribution is 5.92. The number of carboxylic acids is 1. The Morgan fingerprint density at radius 3 is 2.76 bits per heavy atom. The van der Waals surface area contributed by atoms with Gasteiger partial charge < -0.3 is 5.11 Å². The van der Waals surface area contributed by atoms with Crippen LogP contribution < -0.4 is 0 Å². The minimum absolute atomic E-state index is 0.0394. The largest absolute Gasteiger partial charge is 0.481 e. The first-order valence-corrected chi connectivity index (χ1v) is 4.83. The van der Waals surface area contributed by atoms with Crippen molar-refractivity contribution in [2.45, 2.75) is 18.6 Å². The zero-order valence-electron chi connectivity index (χ0n) is 8.53. The van der Waals surface area contributed by atoms with Crippen LogP contribution in [0.15, 0.2) is 39.9 Å². The van der Waals surface area contributed by atoms with Gasteiger partial charge in [0.1, 0.15) is 0 Å². The first-order chi connectivity index (χ1) is 7.89. The maximum atomic E-state index is 12.8. The van der Waals surface area contributed by atoms with Gasteiger partial charge in [-0.1, -0.05) is 12.2 Å². The van der Waals surface area contributed by atoms with Crippen molar-refractivity contribution < 1.29 is 23.1 Å². The average Bonchev–Trinajstić information content (AvgIpc) is 2.59. The first-order valence-electron chi connectivity index (χ1n) is 4.83. The molecule has 17 heavy (non-hydrogen) atoms. The molecule has 1 atom stereocenters. The zero-order chi connectivity index (χ0) is 12.6. The highest BCUT2D eigenvalue weighted by Crippen LogP contribution is 2.39. The molecular weight excluding hydrogens is 235 g/mol. The van der Waals surface area contributed by atoms with Gasteiger partial charge in [-0.25, -0.2) is 0 Å². The van der Waals surface area contributed by atoms with Crippen molar-refractivity contribution in [2.75, 3.05) is 0 Å². The fourth-order valence-corrected chi connectivity index (χ4v) is 1.88. The van der Waals surface area contributed by atoms with E-state index in [0.29, 0.717) is 0 Å². The van der Waals surface area contributed by atoms with E-state index in [9.17, 15) is 18.0 Å². The van der Waals surface area contributed by atoms with E-state index in [4.69, 9.17) is 5.11 Å². The van der Waals surface area contributed by atoms with Gasteiger partial charge in [0, 0.05) is 6.21 Å². The van der Waals surface area contributed by atoms with Gasteiger partial charge in [-0.05, 0) is 17.2 Å². The molecule has 0 amide bonds. The monoisotopic (exact) mass is 243 g/mol. The summed E-state index contributed by atoms with van der Waals surface area (Å²) in [7, 11) is 0. The van der Waals surface area contributed by atoms with Crippen LogP contribution in [0.25, 0.3) is 0 Å². The summed E-state index contributed by atoms with van der Waals surface area (Å²) in [5, 5.41) is 8.64. The van der Waals surface area contributed by atoms with Crippen LogP contribution in [0, 0.1) is 0 Å². The standard InChI is InChI=1S/C11H8F3NO2/c12-11(13,14)7-2-1-3-8-10(7)6(5-15-8)4-9(16)17/h1-3,5,8H,4H2,(H,16,17)/t8-/m0/s1. The topological polar surface area (TPSA) is 49.7 Å². The van der Waals surface area contributed by atoms with Gasteiger partial charge >= 0.3 is 12.1 Å². The summed E-state index contributed by atoms with van der Waals surface area (Å²) < 4.78 is 38.3. The Bertz CT molecular complexity index is 483. The number of carbonyl (C=O) groups is 1. The van der Waals surface area contributed by atoms with Crippen LogP contribution in [0.1, 0.15) is 6.42 Å². The fourth-order valence-electron chi connectivity index (χ4n) is 1.88. The number of aliphatic carboxylic acids is 1. The normalized spacial score (nSPS) is 22.8. The van der Waals surface area contributed by atoms with E-state index in [-0.39, 0.29) is 11.1 Å². The SMILES string of the molecule is O=C(O)CC1=C2C(C(F)(F)F)=CC=C[C@@H]2N=C1. The molecule has 0 fully saturated rings. The van der Waals surface area contributed by atoms with E-state index < -0.39 is 30.2 Å². The van der Waals surface area contributed by atoms with E-state index in [1.54, 1.807) is 0 Å². The smallest absolute Gasteiger partial charge is 0.416 e. The molecule has 1 aliphatic carbocycles. The van der Waals surface area contributed by atoms with Crippen molar-refractivity contribution in [3.8, 4) is 0 Å². The minimum Gasteiger partial charge on any atom is -0.481 e. The maximum absolute atomic E-state index is 12.8. The molecule has 0 aromatic heterocycles. The van der Waals surface area contributed by atoms with Gasteiger partial charge in [0.2, 0.25) is 0 Å². The second kappa shape index (κ2) is 3.87. The van der Waals surface area contributed by atoms with Gasteiger partial charge in [0.15, 0.2) is 0 Å². The van der Waals surface area contributed by atoms with Gasteiger partial charge in [-0.3, -0.25) is 9.79 Å². The predicted octanol–water partition coefficient (Wildman–Crippen LogP) is 2.27. The molecule has 0 bridgehead atoms. The number of nitrogens with zero attached hydrogens (tertiary/aromatic N) is 1. The Morgan fingerprint density at radius 1 is 1.47 bits per heavy atom. The van der Waals surface area contributed by atoms with E-state index in [2.05, 4.69) is 4.99 Å². The second-order valence-electron chi connectivity index (χ2n) is 3.70. The van der Waals surface area contributed by atoms with E-state index in [0.717, 1.165) is 6.08 Å². The molecular formula is C11H8F3NO2. The number of aliphatic imine (C=N–C) groups is 1. The van der Waals surface area contributed by atoms with E-state index >= 15 is 0 Å². The molecule has 0 radical (unpaired) electrons. The third-order valence-corrected chi connectivity index (χ3v) is 2.53. The van der Waals surface area contributed by atoms with Gasteiger partial charge in [-0.2, -0.15) is 13.2 Å². The molecule has 90 valence electrons. The van der Waals surface area contributed by atoms with Crippen LogP contribution in [0.4, 0.5) is 13.2 Å². The summed E-state index contributed by atoms with van der Waals surface area (Å²) in [6.45, 7) is 0. The molecule has 0 spiro atoms. The lowest BCUT2D eigenvalue weighted by Crippen LogP contribution is -2.21. The Labute approximate surface area is 94.7 Å². The van der Waals surface area contributed by atoms with Crippen LogP contribution in [0.3, 0.4) is 0 Å². The van der Waals surface area contributed by atoms with Crippen LogP contribution >= 0.6 is 0 Å². The molecule has 1 N–H and O–H groups in total.